The number of aromatic nitrogens is 3. The van der Waals surface area contributed by atoms with Gasteiger partial charge in [-0.3, -0.25) is 10.1 Å². The van der Waals surface area contributed by atoms with E-state index in [1.165, 1.54) is 42.6 Å². The summed E-state index contributed by atoms with van der Waals surface area (Å²) >= 11 is 0.135. The van der Waals surface area contributed by atoms with Gasteiger partial charge in [0.1, 0.15) is 5.03 Å². The second kappa shape index (κ2) is 8.52. The first-order chi connectivity index (χ1) is 13.4. The number of benzene rings is 1. The van der Waals surface area contributed by atoms with Crippen LogP contribution in [0.2, 0.25) is 0 Å². The first kappa shape index (κ1) is 19.4. The number of pyridine rings is 1. The van der Waals surface area contributed by atoms with E-state index >= 15 is 0 Å². The summed E-state index contributed by atoms with van der Waals surface area (Å²) in [5.74, 6) is -3.49. The molecule has 9 nitrogen and oxygen atoms in total. The van der Waals surface area contributed by atoms with Crippen molar-refractivity contribution in [2.45, 2.75) is 17.4 Å². The van der Waals surface area contributed by atoms with Crippen molar-refractivity contribution in [1.29, 1.82) is 0 Å². The van der Waals surface area contributed by atoms with Crippen LogP contribution >= 0.6 is 11.8 Å². The number of alkyl halides is 2. The van der Waals surface area contributed by atoms with E-state index in [4.69, 9.17) is 9.26 Å². The van der Waals surface area contributed by atoms with Gasteiger partial charge < -0.3 is 9.26 Å². The molecule has 0 saturated heterocycles. The maximum absolute atomic E-state index is 12.5. The number of hydrogen-bond acceptors (Lipinski definition) is 9. The normalized spacial score (nSPS) is 10.8. The van der Waals surface area contributed by atoms with Crippen molar-refractivity contribution in [3.63, 3.8) is 0 Å². The number of rotatable bonds is 7. The number of nitro benzene ring substituents is 1. The summed E-state index contributed by atoms with van der Waals surface area (Å²) in [6.07, 6.45) is 1.29. The molecule has 2 aromatic heterocycles. The van der Waals surface area contributed by atoms with E-state index < -0.39 is 16.7 Å². The Labute approximate surface area is 159 Å². The average Bonchev–Trinajstić information content (AvgIpc) is 3.15. The van der Waals surface area contributed by atoms with Crippen LogP contribution in [0.5, 0.6) is 0 Å². The lowest BCUT2D eigenvalue weighted by molar-refractivity contribution is -0.384. The Bertz CT molecular complexity index is 997. The largest absolute Gasteiger partial charge is 0.452 e. The van der Waals surface area contributed by atoms with Crippen molar-refractivity contribution in [3.05, 3.63) is 64.2 Å². The SMILES string of the molecule is O=C(OCc1nc(-c2ccc([N+](=O)[O-])cc2)no1)c1cccnc1SC(F)F. The van der Waals surface area contributed by atoms with E-state index in [1.54, 1.807) is 0 Å². The molecular weight excluding hydrogens is 398 g/mol. The molecule has 3 rings (SSSR count). The lowest BCUT2D eigenvalue weighted by atomic mass is 10.2. The van der Waals surface area contributed by atoms with Crippen LogP contribution in [0.1, 0.15) is 16.2 Å². The molecule has 0 aliphatic heterocycles. The molecule has 0 atom stereocenters. The van der Waals surface area contributed by atoms with Crippen molar-refractivity contribution >= 4 is 23.4 Å². The van der Waals surface area contributed by atoms with Crippen molar-refractivity contribution in [2.24, 2.45) is 0 Å². The van der Waals surface area contributed by atoms with E-state index in [1.807, 2.05) is 0 Å². The maximum Gasteiger partial charge on any atom is 0.341 e. The Balaban J connectivity index is 1.66. The zero-order chi connectivity index (χ0) is 20.1. The number of nitro groups is 1. The summed E-state index contributed by atoms with van der Waals surface area (Å²) in [4.78, 5) is 30.0. The highest BCUT2D eigenvalue weighted by Crippen LogP contribution is 2.27. The van der Waals surface area contributed by atoms with Gasteiger partial charge >= 0.3 is 5.97 Å². The molecule has 12 heteroatoms. The summed E-state index contributed by atoms with van der Waals surface area (Å²) in [6.45, 7) is -0.382. The van der Waals surface area contributed by atoms with Crippen LogP contribution in [0.3, 0.4) is 0 Å². The molecule has 28 heavy (non-hydrogen) atoms. The Hall–Kier alpha value is -3.41. The van der Waals surface area contributed by atoms with Gasteiger partial charge in [-0.25, -0.2) is 9.78 Å². The van der Waals surface area contributed by atoms with Crippen molar-refractivity contribution < 1.29 is 27.8 Å². The van der Waals surface area contributed by atoms with Crippen molar-refractivity contribution in [3.8, 4) is 11.4 Å². The lowest BCUT2D eigenvalue weighted by Crippen LogP contribution is -2.08. The van der Waals surface area contributed by atoms with Gasteiger partial charge in [0.25, 0.3) is 17.3 Å². The first-order valence-electron chi connectivity index (χ1n) is 7.58. The topological polar surface area (TPSA) is 121 Å². The third-order valence-electron chi connectivity index (χ3n) is 3.32. The molecule has 3 aromatic rings. The second-order valence-corrected chi connectivity index (χ2v) is 6.11. The molecular formula is C16H10F2N4O5S. The zero-order valence-electron chi connectivity index (χ0n) is 13.8. The number of carbonyl (C=O) groups is 1. The van der Waals surface area contributed by atoms with Crippen LogP contribution < -0.4 is 0 Å². The van der Waals surface area contributed by atoms with E-state index in [2.05, 4.69) is 15.1 Å². The van der Waals surface area contributed by atoms with Crippen LogP contribution in [-0.4, -0.2) is 31.8 Å². The van der Waals surface area contributed by atoms with Gasteiger partial charge in [-0.05, 0) is 36.0 Å². The number of esters is 1. The van der Waals surface area contributed by atoms with E-state index in [0.717, 1.165) is 0 Å². The second-order valence-electron chi connectivity index (χ2n) is 5.13. The molecule has 0 spiro atoms. The Morgan fingerprint density at radius 2 is 2.04 bits per heavy atom. The molecule has 0 saturated carbocycles. The molecule has 0 radical (unpaired) electrons. The third-order valence-corrected chi connectivity index (χ3v) is 4.05. The molecule has 1 aromatic carbocycles. The fourth-order valence-electron chi connectivity index (χ4n) is 2.09. The summed E-state index contributed by atoms with van der Waals surface area (Å²) < 4.78 is 35.1. The maximum atomic E-state index is 12.5. The number of thioether (sulfide) groups is 1. The number of carbonyl (C=O) groups excluding carboxylic acids is 1. The molecule has 2 heterocycles. The average molecular weight is 408 g/mol. The van der Waals surface area contributed by atoms with E-state index in [0.29, 0.717) is 5.56 Å². The summed E-state index contributed by atoms with van der Waals surface area (Å²) in [7, 11) is 0. The molecule has 0 bridgehead atoms. The van der Waals surface area contributed by atoms with Crippen molar-refractivity contribution in [2.75, 3.05) is 0 Å². The van der Waals surface area contributed by atoms with E-state index in [9.17, 15) is 23.7 Å². The van der Waals surface area contributed by atoms with Gasteiger partial charge in [-0.2, -0.15) is 13.8 Å². The summed E-state index contributed by atoms with van der Waals surface area (Å²) in [6, 6.07) is 8.21. The highest BCUT2D eigenvalue weighted by molar-refractivity contribution is 7.99. The lowest BCUT2D eigenvalue weighted by Gasteiger charge is -2.06. The zero-order valence-corrected chi connectivity index (χ0v) is 14.6. The fraction of sp³-hybridized carbons (Fsp3) is 0.125. The minimum atomic E-state index is -2.73. The highest BCUT2D eigenvalue weighted by Gasteiger charge is 2.19. The van der Waals surface area contributed by atoms with Crippen LogP contribution in [0.15, 0.2) is 52.1 Å². The minimum Gasteiger partial charge on any atom is -0.452 e. The van der Waals surface area contributed by atoms with Crippen LogP contribution in [0.25, 0.3) is 11.4 Å². The Morgan fingerprint density at radius 1 is 1.29 bits per heavy atom. The number of hydrogen-bond donors (Lipinski definition) is 0. The monoisotopic (exact) mass is 408 g/mol. The Kier molecular flexibility index (Phi) is 5.89. The smallest absolute Gasteiger partial charge is 0.341 e. The van der Waals surface area contributed by atoms with Crippen LogP contribution in [0, 0.1) is 10.1 Å². The highest BCUT2D eigenvalue weighted by atomic mass is 32.2. The van der Waals surface area contributed by atoms with Crippen LogP contribution in [0.4, 0.5) is 14.5 Å². The van der Waals surface area contributed by atoms with Gasteiger partial charge in [-0.15, -0.1) is 0 Å². The quantitative estimate of drug-likeness (QED) is 0.249. The predicted octanol–water partition coefficient (Wildman–Crippen LogP) is 3.71. The molecule has 0 N–H and O–H groups in total. The Morgan fingerprint density at radius 3 is 2.71 bits per heavy atom. The number of non-ortho nitro benzene ring substituents is 1. The van der Waals surface area contributed by atoms with Gasteiger partial charge in [0.2, 0.25) is 5.82 Å². The third kappa shape index (κ3) is 4.65. The van der Waals surface area contributed by atoms with Gasteiger partial charge in [0.05, 0.1) is 10.5 Å². The minimum absolute atomic E-state index is 0.0337. The standard InChI is InChI=1S/C16H10F2N4O5S/c17-16(18)28-14-11(2-1-7-19-14)15(23)26-8-12-20-13(21-27-12)9-3-5-10(6-4-9)22(24)25/h1-7,16H,8H2. The fourth-order valence-corrected chi connectivity index (χ4v) is 2.66. The predicted molar refractivity (Wildman–Crippen MR) is 91.6 cm³/mol. The molecule has 0 aliphatic rings. The van der Waals surface area contributed by atoms with E-state index in [-0.39, 0.29) is 46.4 Å². The van der Waals surface area contributed by atoms with Gasteiger partial charge in [0.15, 0.2) is 6.61 Å². The van der Waals surface area contributed by atoms with Gasteiger partial charge in [-0.1, -0.05) is 5.16 Å². The number of ether oxygens (including phenoxy) is 1. The van der Waals surface area contributed by atoms with Gasteiger partial charge in [0, 0.05) is 23.9 Å². The van der Waals surface area contributed by atoms with Crippen molar-refractivity contribution in [1.82, 2.24) is 15.1 Å². The summed E-state index contributed by atoms with van der Waals surface area (Å²) in [5, 5.41) is 14.2. The molecule has 0 fully saturated rings. The summed E-state index contributed by atoms with van der Waals surface area (Å²) in [5.41, 5.74) is 0.271. The molecule has 0 unspecified atom stereocenters. The number of halogens is 2. The van der Waals surface area contributed by atoms with Crippen LogP contribution in [-0.2, 0) is 11.3 Å². The molecule has 0 aliphatic carbocycles. The first-order valence-corrected chi connectivity index (χ1v) is 8.46. The molecule has 0 amide bonds. The molecule has 144 valence electrons. The number of nitrogens with zero attached hydrogens (tertiary/aromatic N) is 4.